The molecule has 0 saturated carbocycles. The normalized spacial score (nSPS) is 14.8. The van der Waals surface area contributed by atoms with Crippen LogP contribution in [0.3, 0.4) is 0 Å². The van der Waals surface area contributed by atoms with Crippen LogP contribution in [0.4, 0.5) is 5.13 Å². The first kappa shape index (κ1) is 17.8. The minimum absolute atomic E-state index is 0.315. The number of nitrogens with zero attached hydrogens (tertiary/aromatic N) is 1. The van der Waals surface area contributed by atoms with Crippen molar-refractivity contribution in [2.45, 2.75) is 31.6 Å². The van der Waals surface area contributed by atoms with Gasteiger partial charge in [0.2, 0.25) is 0 Å². The van der Waals surface area contributed by atoms with Crippen molar-refractivity contribution in [1.82, 2.24) is 9.71 Å². The summed E-state index contributed by atoms with van der Waals surface area (Å²) < 4.78 is 15.2. The number of halogens is 2. The number of hydrogen-bond donors (Lipinski definition) is 2. The van der Waals surface area contributed by atoms with Crippen LogP contribution in [0, 0.1) is 0 Å². The highest BCUT2D eigenvalue weighted by Crippen LogP contribution is 2.33. The summed E-state index contributed by atoms with van der Waals surface area (Å²) in [5.74, 6) is 0. The van der Waals surface area contributed by atoms with Gasteiger partial charge in [0.25, 0.3) is 0 Å². The molecule has 2 rings (SSSR count). The van der Waals surface area contributed by atoms with Crippen molar-refractivity contribution in [2.24, 2.45) is 0 Å². The summed E-state index contributed by atoms with van der Waals surface area (Å²) in [5, 5.41) is 1.39. The Morgan fingerprint density at radius 2 is 2.00 bits per heavy atom. The van der Waals surface area contributed by atoms with Gasteiger partial charge in [0, 0.05) is 17.6 Å². The number of aromatic nitrogens is 1. The Bertz CT molecular complexity index is 658. The maximum atomic E-state index is 12.5. The Labute approximate surface area is 147 Å². The molecule has 2 aromatic rings. The number of nitrogens with two attached hydrogens (primary N) is 1. The Hall–Kier alpha value is -0.500. The van der Waals surface area contributed by atoms with Gasteiger partial charge in [0.15, 0.2) is 5.13 Å². The van der Waals surface area contributed by atoms with Crippen molar-refractivity contribution >= 4 is 51.0 Å². The molecule has 1 aromatic carbocycles. The number of anilines is 1. The van der Waals surface area contributed by atoms with Crippen LogP contribution in [0.15, 0.2) is 24.4 Å². The van der Waals surface area contributed by atoms with Crippen molar-refractivity contribution in [1.29, 1.82) is 0 Å². The number of hydrogen-bond acceptors (Lipinski definition) is 5. The first-order chi connectivity index (χ1) is 10.2. The van der Waals surface area contributed by atoms with Gasteiger partial charge in [-0.05, 0) is 38.5 Å². The third-order valence-corrected chi connectivity index (χ3v) is 6.08. The molecule has 3 N–H and O–H groups in total. The minimum Gasteiger partial charge on any atom is -0.598 e. The first-order valence-corrected chi connectivity index (χ1v) is 9.25. The smallest absolute Gasteiger partial charge is 0.180 e. The maximum absolute atomic E-state index is 12.5. The van der Waals surface area contributed by atoms with E-state index in [1.165, 1.54) is 11.3 Å². The predicted octanol–water partition coefficient (Wildman–Crippen LogP) is 4.17. The summed E-state index contributed by atoms with van der Waals surface area (Å²) in [5.41, 5.74) is 6.58. The van der Waals surface area contributed by atoms with E-state index in [0.29, 0.717) is 15.2 Å². The second-order valence-corrected chi connectivity index (χ2v) is 9.61. The van der Waals surface area contributed by atoms with Gasteiger partial charge in [-0.3, -0.25) is 0 Å². The zero-order valence-corrected chi connectivity index (χ0v) is 15.5. The molecular formula is C14H17Cl2N3OS2. The fraction of sp³-hybridized carbons (Fsp3) is 0.357. The lowest BCUT2D eigenvalue weighted by molar-refractivity contribution is 0.536. The molecule has 0 aliphatic carbocycles. The van der Waals surface area contributed by atoms with E-state index in [1.807, 2.05) is 26.8 Å². The van der Waals surface area contributed by atoms with Gasteiger partial charge in [-0.1, -0.05) is 29.3 Å². The monoisotopic (exact) mass is 377 g/mol. The van der Waals surface area contributed by atoms with Crippen LogP contribution in [-0.4, -0.2) is 14.3 Å². The molecule has 0 aliphatic heterocycles. The summed E-state index contributed by atoms with van der Waals surface area (Å²) in [6, 6.07) is 5.02. The molecule has 0 fully saturated rings. The molecule has 1 aromatic heterocycles. The van der Waals surface area contributed by atoms with Crippen LogP contribution in [0.25, 0.3) is 0 Å². The van der Waals surface area contributed by atoms with Gasteiger partial charge in [0.05, 0.1) is 14.9 Å². The molecule has 1 heterocycles. The molecule has 22 heavy (non-hydrogen) atoms. The van der Waals surface area contributed by atoms with Crippen molar-refractivity contribution in [3.63, 3.8) is 0 Å². The second-order valence-electron chi connectivity index (χ2n) is 5.71. The fourth-order valence-electron chi connectivity index (χ4n) is 1.70. The lowest BCUT2D eigenvalue weighted by atomic mass is 10.1. The SMILES string of the molecule is CC(C)(C)[S+]([O-])N[C@@H](c1ccc(Cl)c(Cl)c1)c1cnc(N)s1. The zero-order valence-electron chi connectivity index (χ0n) is 12.4. The highest BCUT2D eigenvalue weighted by Gasteiger charge is 2.31. The maximum Gasteiger partial charge on any atom is 0.180 e. The number of rotatable bonds is 4. The third kappa shape index (κ3) is 4.28. The Balaban J connectivity index is 2.39. The highest BCUT2D eigenvalue weighted by atomic mass is 35.5. The average molecular weight is 378 g/mol. The van der Waals surface area contributed by atoms with E-state index < -0.39 is 16.1 Å². The number of benzene rings is 1. The van der Waals surface area contributed by atoms with Gasteiger partial charge >= 0.3 is 0 Å². The molecule has 0 radical (unpaired) electrons. The van der Waals surface area contributed by atoms with Crippen LogP contribution in [0.2, 0.25) is 10.0 Å². The van der Waals surface area contributed by atoms with Crippen molar-refractivity contribution in [3.05, 3.63) is 44.9 Å². The summed E-state index contributed by atoms with van der Waals surface area (Å²) in [4.78, 5) is 4.94. The third-order valence-electron chi connectivity index (χ3n) is 2.88. The van der Waals surface area contributed by atoms with E-state index in [4.69, 9.17) is 28.9 Å². The van der Waals surface area contributed by atoms with E-state index in [1.54, 1.807) is 18.3 Å². The number of nitrogen functional groups attached to an aromatic ring is 1. The van der Waals surface area contributed by atoms with E-state index in [0.717, 1.165) is 10.4 Å². The molecular weight excluding hydrogens is 361 g/mol. The number of nitrogens with one attached hydrogen (secondary N) is 1. The van der Waals surface area contributed by atoms with Crippen LogP contribution in [0.5, 0.6) is 0 Å². The summed E-state index contributed by atoms with van der Waals surface area (Å²) in [7, 11) is 0. The molecule has 4 nitrogen and oxygen atoms in total. The van der Waals surface area contributed by atoms with Gasteiger partial charge in [-0.2, -0.15) is 0 Å². The zero-order chi connectivity index (χ0) is 16.5. The van der Waals surface area contributed by atoms with Crippen LogP contribution >= 0.6 is 34.5 Å². The summed E-state index contributed by atoms with van der Waals surface area (Å²) >= 11 is 12.2. The molecule has 0 bridgehead atoms. The lowest BCUT2D eigenvalue weighted by Gasteiger charge is -2.27. The molecule has 8 heteroatoms. The van der Waals surface area contributed by atoms with Crippen LogP contribution in [-0.2, 0) is 11.4 Å². The van der Waals surface area contributed by atoms with Crippen molar-refractivity contribution in [2.75, 3.05) is 5.73 Å². The molecule has 0 spiro atoms. The summed E-state index contributed by atoms with van der Waals surface area (Å²) in [6.07, 6.45) is 1.68. The van der Waals surface area contributed by atoms with E-state index >= 15 is 0 Å². The standard InChI is InChI=1S/C14H17Cl2N3OS2/c1-14(2,3)22(20)19-12(11-7-18-13(17)21-11)8-4-5-9(15)10(16)6-8/h4-7,12,19H,1-3H3,(H2,17,18)/t12-,22?/m0/s1. The van der Waals surface area contributed by atoms with Crippen LogP contribution < -0.4 is 10.5 Å². The van der Waals surface area contributed by atoms with E-state index in [2.05, 4.69) is 9.71 Å². The Kier molecular flexibility index (Phi) is 5.63. The Morgan fingerprint density at radius 1 is 1.32 bits per heavy atom. The van der Waals surface area contributed by atoms with Gasteiger partial charge in [0.1, 0.15) is 10.8 Å². The molecule has 0 saturated heterocycles. The lowest BCUT2D eigenvalue weighted by Crippen LogP contribution is -2.41. The number of thiazole rings is 1. The fourth-order valence-corrected chi connectivity index (χ4v) is 3.68. The second kappa shape index (κ2) is 6.95. The minimum atomic E-state index is -1.26. The molecule has 120 valence electrons. The molecule has 0 amide bonds. The average Bonchev–Trinajstić information content (AvgIpc) is 2.84. The molecule has 1 unspecified atom stereocenters. The first-order valence-electron chi connectivity index (χ1n) is 6.52. The quantitative estimate of drug-likeness (QED) is 0.783. The van der Waals surface area contributed by atoms with E-state index in [9.17, 15) is 4.55 Å². The Morgan fingerprint density at radius 3 is 2.50 bits per heavy atom. The van der Waals surface area contributed by atoms with Crippen molar-refractivity contribution < 1.29 is 4.55 Å². The highest BCUT2D eigenvalue weighted by molar-refractivity contribution is 7.90. The van der Waals surface area contributed by atoms with Crippen molar-refractivity contribution in [3.8, 4) is 0 Å². The van der Waals surface area contributed by atoms with Gasteiger partial charge < -0.3 is 10.3 Å². The topological polar surface area (TPSA) is 74.0 Å². The molecule has 2 atom stereocenters. The predicted molar refractivity (Wildman–Crippen MR) is 95.9 cm³/mol. The van der Waals surface area contributed by atoms with Gasteiger partial charge in [-0.15, -0.1) is 16.1 Å². The largest absolute Gasteiger partial charge is 0.598 e. The summed E-state index contributed by atoms with van der Waals surface area (Å²) in [6.45, 7) is 5.72. The molecule has 0 aliphatic rings. The van der Waals surface area contributed by atoms with Gasteiger partial charge in [-0.25, -0.2) is 4.98 Å². The van der Waals surface area contributed by atoms with E-state index in [-0.39, 0.29) is 6.04 Å². The van der Waals surface area contributed by atoms with Crippen LogP contribution in [0.1, 0.15) is 37.3 Å².